The van der Waals surface area contributed by atoms with Gasteiger partial charge < -0.3 is 0 Å². The van der Waals surface area contributed by atoms with Crippen LogP contribution in [0.4, 0.5) is 5.13 Å². The minimum atomic E-state index is -0.922. The summed E-state index contributed by atoms with van der Waals surface area (Å²) in [5, 5.41) is 11.9. The van der Waals surface area contributed by atoms with Crippen LogP contribution in [0, 0.1) is 5.92 Å². The zero-order chi connectivity index (χ0) is 19.0. The molecular formula is C18H20N4O3S. The third kappa shape index (κ3) is 3.12. The summed E-state index contributed by atoms with van der Waals surface area (Å²) in [4.78, 5) is 39.3. The van der Waals surface area contributed by atoms with Crippen LogP contribution in [0.1, 0.15) is 59.3 Å². The number of nitrogens with one attached hydrogen (secondary N) is 1. The van der Waals surface area contributed by atoms with Gasteiger partial charge in [-0.2, -0.15) is 0 Å². The Bertz CT molecular complexity index is 840. The van der Waals surface area contributed by atoms with Crippen LogP contribution in [-0.2, 0) is 4.79 Å². The highest BCUT2D eigenvalue weighted by Crippen LogP contribution is 2.28. The van der Waals surface area contributed by atoms with Crippen molar-refractivity contribution in [1.29, 1.82) is 0 Å². The predicted molar refractivity (Wildman–Crippen MR) is 98.2 cm³/mol. The molecule has 1 aromatic heterocycles. The molecule has 0 saturated heterocycles. The number of rotatable bonds is 5. The van der Waals surface area contributed by atoms with E-state index in [0.29, 0.717) is 16.3 Å². The molecule has 1 N–H and O–H groups in total. The molecule has 0 radical (unpaired) electrons. The zero-order valence-corrected chi connectivity index (χ0v) is 15.8. The van der Waals surface area contributed by atoms with Crippen LogP contribution >= 0.6 is 11.3 Å². The molecule has 3 rings (SSSR count). The fourth-order valence-electron chi connectivity index (χ4n) is 2.88. The molecule has 1 atom stereocenters. The molecular weight excluding hydrogens is 352 g/mol. The van der Waals surface area contributed by atoms with Gasteiger partial charge in [0.25, 0.3) is 11.8 Å². The summed E-state index contributed by atoms with van der Waals surface area (Å²) in [7, 11) is 0. The van der Waals surface area contributed by atoms with E-state index in [1.165, 1.54) is 11.3 Å². The number of amides is 3. The Labute approximate surface area is 155 Å². The summed E-state index contributed by atoms with van der Waals surface area (Å²) < 4.78 is 0. The topological polar surface area (TPSA) is 92.3 Å². The molecule has 1 aliphatic heterocycles. The molecule has 2 heterocycles. The Balaban J connectivity index is 1.86. The van der Waals surface area contributed by atoms with Crippen LogP contribution in [-0.4, -0.2) is 38.9 Å². The molecule has 136 valence electrons. The molecule has 1 aliphatic rings. The number of anilines is 1. The maximum atomic E-state index is 12.8. The van der Waals surface area contributed by atoms with Crippen LogP contribution in [0.3, 0.4) is 0 Å². The molecule has 0 fully saturated rings. The third-order valence-electron chi connectivity index (χ3n) is 4.17. The van der Waals surface area contributed by atoms with Crippen LogP contribution in [0.25, 0.3) is 0 Å². The van der Waals surface area contributed by atoms with Crippen molar-refractivity contribution in [2.45, 2.75) is 39.7 Å². The third-order valence-corrected chi connectivity index (χ3v) is 5.31. The molecule has 0 bridgehead atoms. The van der Waals surface area contributed by atoms with E-state index in [2.05, 4.69) is 15.5 Å². The lowest BCUT2D eigenvalue weighted by atomic mass is 10.0. The summed E-state index contributed by atoms with van der Waals surface area (Å²) in [6.07, 6.45) is 0. The highest BCUT2D eigenvalue weighted by Gasteiger charge is 2.44. The van der Waals surface area contributed by atoms with Crippen LogP contribution in [0.2, 0.25) is 0 Å². The summed E-state index contributed by atoms with van der Waals surface area (Å²) in [5.74, 6) is -1.38. The van der Waals surface area contributed by atoms with Crippen molar-refractivity contribution >= 4 is 34.2 Å². The maximum absolute atomic E-state index is 12.8. The number of hydrogen-bond donors (Lipinski definition) is 1. The number of benzene rings is 1. The van der Waals surface area contributed by atoms with Crippen molar-refractivity contribution < 1.29 is 14.4 Å². The van der Waals surface area contributed by atoms with Gasteiger partial charge in [-0.1, -0.05) is 51.2 Å². The van der Waals surface area contributed by atoms with E-state index in [-0.39, 0.29) is 11.8 Å². The maximum Gasteiger partial charge on any atom is 0.262 e. The number of imide groups is 1. The summed E-state index contributed by atoms with van der Waals surface area (Å²) in [6.45, 7) is 7.57. The smallest absolute Gasteiger partial charge is 0.262 e. The number of hydrogen-bond acceptors (Lipinski definition) is 6. The molecule has 1 aromatic carbocycles. The van der Waals surface area contributed by atoms with Gasteiger partial charge in [0.2, 0.25) is 11.0 Å². The Morgan fingerprint density at radius 2 is 1.62 bits per heavy atom. The zero-order valence-electron chi connectivity index (χ0n) is 15.0. The molecule has 8 heteroatoms. The molecule has 2 aromatic rings. The van der Waals surface area contributed by atoms with Gasteiger partial charge in [-0.3, -0.25) is 24.6 Å². The average molecular weight is 372 g/mol. The highest BCUT2D eigenvalue weighted by molar-refractivity contribution is 7.15. The lowest BCUT2D eigenvalue weighted by molar-refractivity contribution is -0.121. The number of carbonyl (C=O) groups is 3. The lowest BCUT2D eigenvalue weighted by Crippen LogP contribution is -2.50. The Morgan fingerprint density at radius 1 is 1.04 bits per heavy atom. The lowest BCUT2D eigenvalue weighted by Gasteiger charge is -2.27. The van der Waals surface area contributed by atoms with Crippen molar-refractivity contribution in [3.05, 3.63) is 40.4 Å². The first-order valence-electron chi connectivity index (χ1n) is 8.42. The number of nitrogens with zero attached hydrogens (tertiary/aromatic N) is 3. The highest BCUT2D eigenvalue weighted by atomic mass is 32.1. The van der Waals surface area contributed by atoms with Crippen molar-refractivity contribution in [3.63, 3.8) is 0 Å². The van der Waals surface area contributed by atoms with E-state index >= 15 is 0 Å². The Morgan fingerprint density at radius 3 is 2.08 bits per heavy atom. The average Bonchev–Trinajstić information content (AvgIpc) is 3.14. The molecule has 0 aliphatic carbocycles. The van der Waals surface area contributed by atoms with Gasteiger partial charge in [-0.25, -0.2) is 0 Å². The fraction of sp³-hybridized carbons (Fsp3) is 0.389. The fourth-order valence-corrected chi connectivity index (χ4v) is 3.63. The SMILES string of the molecule is CC(C)c1nnc(NC(=O)[C@H](C(C)C)N2C(=O)c3ccccc3C2=O)s1. The summed E-state index contributed by atoms with van der Waals surface area (Å²) >= 11 is 1.29. The first-order chi connectivity index (χ1) is 12.3. The summed E-state index contributed by atoms with van der Waals surface area (Å²) in [5.41, 5.74) is 0.655. The van der Waals surface area contributed by atoms with Crippen molar-refractivity contribution in [3.8, 4) is 0 Å². The Kier molecular flexibility index (Phi) is 4.86. The van der Waals surface area contributed by atoms with Crippen LogP contribution in [0.5, 0.6) is 0 Å². The summed E-state index contributed by atoms with van der Waals surface area (Å²) in [6, 6.07) is 5.68. The second-order valence-corrected chi connectivity index (χ2v) is 7.81. The molecule has 0 unspecified atom stereocenters. The first-order valence-corrected chi connectivity index (χ1v) is 9.24. The molecule has 0 spiro atoms. The van der Waals surface area contributed by atoms with Crippen LogP contribution < -0.4 is 5.32 Å². The Hall–Kier alpha value is -2.61. The van der Waals surface area contributed by atoms with Gasteiger partial charge in [0, 0.05) is 5.92 Å². The minimum absolute atomic E-state index is 0.204. The molecule has 0 saturated carbocycles. The second-order valence-electron chi connectivity index (χ2n) is 6.80. The predicted octanol–water partition coefficient (Wildman–Crippen LogP) is 2.92. The van der Waals surface area contributed by atoms with Crippen molar-refractivity contribution in [1.82, 2.24) is 15.1 Å². The van der Waals surface area contributed by atoms with Gasteiger partial charge >= 0.3 is 0 Å². The second kappa shape index (κ2) is 6.95. The number of aromatic nitrogens is 2. The van der Waals surface area contributed by atoms with E-state index in [1.807, 2.05) is 13.8 Å². The largest absolute Gasteiger partial charge is 0.299 e. The van der Waals surface area contributed by atoms with E-state index in [0.717, 1.165) is 9.91 Å². The molecule has 3 amide bonds. The minimum Gasteiger partial charge on any atom is -0.299 e. The van der Waals surface area contributed by atoms with Crippen molar-refractivity contribution in [2.75, 3.05) is 5.32 Å². The first kappa shape index (κ1) is 18.2. The quantitative estimate of drug-likeness (QED) is 0.815. The van der Waals surface area contributed by atoms with Gasteiger partial charge in [0.15, 0.2) is 0 Å². The van der Waals surface area contributed by atoms with Gasteiger partial charge in [-0.15, -0.1) is 10.2 Å². The normalized spacial score (nSPS) is 14.9. The van der Waals surface area contributed by atoms with Gasteiger partial charge in [-0.05, 0) is 18.1 Å². The standard InChI is InChI=1S/C18H20N4O3S/c1-9(2)13(14(23)19-18-21-20-15(26-18)10(3)4)22-16(24)11-7-5-6-8-12(11)17(22)25/h5-10,13H,1-4H3,(H,19,21,23)/t13-/m0/s1. The van der Waals surface area contributed by atoms with Crippen LogP contribution in [0.15, 0.2) is 24.3 Å². The van der Waals surface area contributed by atoms with E-state index in [1.54, 1.807) is 38.1 Å². The molecule has 26 heavy (non-hydrogen) atoms. The van der Waals surface area contributed by atoms with E-state index in [4.69, 9.17) is 0 Å². The monoisotopic (exact) mass is 372 g/mol. The van der Waals surface area contributed by atoms with Gasteiger partial charge in [0.1, 0.15) is 11.0 Å². The molecule has 7 nitrogen and oxygen atoms in total. The van der Waals surface area contributed by atoms with E-state index < -0.39 is 23.8 Å². The number of carbonyl (C=O) groups excluding carboxylic acids is 3. The number of fused-ring (bicyclic) bond motifs is 1. The van der Waals surface area contributed by atoms with Gasteiger partial charge in [0.05, 0.1) is 11.1 Å². The van der Waals surface area contributed by atoms with Crippen molar-refractivity contribution in [2.24, 2.45) is 5.92 Å². The van der Waals surface area contributed by atoms with E-state index in [9.17, 15) is 14.4 Å².